The van der Waals surface area contributed by atoms with Gasteiger partial charge in [-0.05, 0) is 12.8 Å². The summed E-state index contributed by atoms with van der Waals surface area (Å²) in [6.45, 7) is 0.504. The molecule has 1 aliphatic heterocycles. The van der Waals surface area contributed by atoms with Crippen LogP contribution < -0.4 is 0 Å². The molecule has 1 aromatic heterocycles. The van der Waals surface area contributed by atoms with Crippen molar-refractivity contribution in [2.45, 2.75) is 24.9 Å². The van der Waals surface area contributed by atoms with E-state index in [0.717, 1.165) is 6.42 Å². The van der Waals surface area contributed by atoms with Crippen molar-refractivity contribution in [1.82, 2.24) is 4.98 Å². The van der Waals surface area contributed by atoms with Gasteiger partial charge in [0.1, 0.15) is 0 Å². The van der Waals surface area contributed by atoms with Crippen molar-refractivity contribution in [2.75, 3.05) is 6.61 Å². The number of thiazole rings is 1. The Morgan fingerprint density at radius 3 is 3.07 bits per heavy atom. The summed E-state index contributed by atoms with van der Waals surface area (Å²) in [6.07, 6.45) is 1.62. The van der Waals surface area contributed by atoms with Gasteiger partial charge in [0.05, 0.1) is 5.69 Å². The maximum absolute atomic E-state index is 11.2. The predicted molar refractivity (Wildman–Crippen MR) is 56.4 cm³/mol. The van der Waals surface area contributed by atoms with Gasteiger partial charge in [0.25, 0.3) is 0 Å². The van der Waals surface area contributed by atoms with Gasteiger partial charge in [-0.15, -0.1) is 11.3 Å². The van der Waals surface area contributed by atoms with Gasteiger partial charge in [0.2, 0.25) is 0 Å². The number of aliphatic carboxylic acids is 1. The Labute approximate surface area is 95.8 Å². The molecule has 6 heteroatoms. The van der Waals surface area contributed by atoms with E-state index in [2.05, 4.69) is 4.98 Å². The first kappa shape index (κ1) is 10.9. The van der Waals surface area contributed by atoms with Gasteiger partial charge in [-0.1, -0.05) is 11.6 Å². The standard InChI is InChI=1S/C9H10ClNO3S/c10-8-11-6(5-15-8)4-9(7(12)13)2-1-3-14-9/h5H,1-4H2,(H,12,13). The molecule has 4 nitrogen and oxygen atoms in total. The quantitative estimate of drug-likeness (QED) is 0.887. The Morgan fingerprint density at radius 2 is 2.60 bits per heavy atom. The van der Waals surface area contributed by atoms with Crippen LogP contribution >= 0.6 is 22.9 Å². The van der Waals surface area contributed by atoms with Gasteiger partial charge in [-0.2, -0.15) is 0 Å². The monoisotopic (exact) mass is 247 g/mol. The van der Waals surface area contributed by atoms with Crippen LogP contribution in [-0.2, 0) is 16.0 Å². The zero-order chi connectivity index (χ0) is 10.9. The van der Waals surface area contributed by atoms with Gasteiger partial charge >= 0.3 is 5.97 Å². The molecule has 1 aliphatic rings. The summed E-state index contributed by atoms with van der Waals surface area (Å²) in [5.41, 5.74) is -0.397. The minimum Gasteiger partial charge on any atom is -0.479 e. The van der Waals surface area contributed by atoms with E-state index in [4.69, 9.17) is 21.4 Å². The lowest BCUT2D eigenvalue weighted by molar-refractivity contribution is -0.160. The van der Waals surface area contributed by atoms with E-state index in [0.29, 0.717) is 29.6 Å². The SMILES string of the molecule is O=C(O)C1(Cc2csc(Cl)n2)CCCO1. The second kappa shape index (κ2) is 4.08. The second-order valence-corrected chi connectivity index (χ2v) is 4.96. The van der Waals surface area contributed by atoms with Crippen molar-refractivity contribution in [3.8, 4) is 0 Å². The molecule has 1 unspecified atom stereocenters. The lowest BCUT2D eigenvalue weighted by Gasteiger charge is -2.21. The molecule has 0 amide bonds. The summed E-state index contributed by atoms with van der Waals surface area (Å²) in [4.78, 5) is 15.2. The lowest BCUT2D eigenvalue weighted by atomic mass is 9.95. The summed E-state index contributed by atoms with van der Waals surface area (Å²) >= 11 is 6.99. The third kappa shape index (κ3) is 2.14. The fraction of sp³-hybridized carbons (Fsp3) is 0.556. The summed E-state index contributed by atoms with van der Waals surface area (Å²) in [7, 11) is 0. The van der Waals surface area contributed by atoms with E-state index < -0.39 is 11.6 Å². The van der Waals surface area contributed by atoms with E-state index in [1.807, 2.05) is 0 Å². The largest absolute Gasteiger partial charge is 0.479 e. The van der Waals surface area contributed by atoms with Crippen molar-refractivity contribution < 1.29 is 14.6 Å². The van der Waals surface area contributed by atoms with Crippen LogP contribution in [0.5, 0.6) is 0 Å². The Morgan fingerprint density at radius 1 is 1.80 bits per heavy atom. The van der Waals surface area contributed by atoms with Crippen molar-refractivity contribution in [3.63, 3.8) is 0 Å². The average Bonchev–Trinajstić information content (AvgIpc) is 2.77. The van der Waals surface area contributed by atoms with Crippen LogP contribution in [-0.4, -0.2) is 28.3 Å². The van der Waals surface area contributed by atoms with Crippen LogP contribution in [0, 0.1) is 0 Å². The summed E-state index contributed by atoms with van der Waals surface area (Å²) in [6, 6.07) is 0. The maximum Gasteiger partial charge on any atom is 0.336 e. The summed E-state index contributed by atoms with van der Waals surface area (Å²) in [5, 5.41) is 10.9. The van der Waals surface area contributed by atoms with Crippen LogP contribution in [0.4, 0.5) is 0 Å². The van der Waals surface area contributed by atoms with E-state index in [1.54, 1.807) is 5.38 Å². The zero-order valence-electron chi connectivity index (χ0n) is 7.90. The molecule has 2 rings (SSSR count). The van der Waals surface area contributed by atoms with Crippen LogP contribution in [0.15, 0.2) is 5.38 Å². The van der Waals surface area contributed by atoms with Crippen LogP contribution in [0.3, 0.4) is 0 Å². The van der Waals surface area contributed by atoms with Gasteiger partial charge in [0, 0.05) is 18.4 Å². The minimum absolute atomic E-state index is 0.297. The number of ether oxygens (including phenoxy) is 1. The topological polar surface area (TPSA) is 59.4 Å². The molecule has 1 saturated heterocycles. The van der Waals surface area contributed by atoms with E-state index in [1.165, 1.54) is 11.3 Å². The van der Waals surface area contributed by atoms with E-state index in [-0.39, 0.29) is 0 Å². The predicted octanol–water partition coefficient (Wildman–Crippen LogP) is 1.97. The fourth-order valence-electron chi connectivity index (χ4n) is 1.74. The van der Waals surface area contributed by atoms with E-state index in [9.17, 15) is 4.79 Å². The van der Waals surface area contributed by atoms with Gasteiger partial charge in [0.15, 0.2) is 10.1 Å². The summed E-state index contributed by atoms with van der Waals surface area (Å²) in [5.74, 6) is -0.913. The number of carboxylic acid groups (broad SMARTS) is 1. The fourth-order valence-corrected chi connectivity index (χ4v) is 2.52. The zero-order valence-corrected chi connectivity index (χ0v) is 9.48. The Balaban J connectivity index is 2.17. The number of carboxylic acids is 1. The number of rotatable bonds is 3. The molecule has 82 valence electrons. The molecule has 0 radical (unpaired) electrons. The Hall–Kier alpha value is -0.650. The van der Waals surface area contributed by atoms with Crippen molar-refractivity contribution in [2.24, 2.45) is 0 Å². The molecule has 0 spiro atoms. The number of halogens is 1. The molecule has 0 aliphatic carbocycles. The molecule has 0 aromatic carbocycles. The number of carbonyl (C=O) groups is 1. The highest BCUT2D eigenvalue weighted by atomic mass is 35.5. The highest BCUT2D eigenvalue weighted by Crippen LogP contribution is 2.30. The number of aromatic nitrogens is 1. The molecule has 1 N–H and O–H groups in total. The van der Waals surface area contributed by atoms with Crippen molar-refractivity contribution >= 4 is 28.9 Å². The lowest BCUT2D eigenvalue weighted by Crippen LogP contribution is -2.40. The normalized spacial score (nSPS) is 25.7. The summed E-state index contributed by atoms with van der Waals surface area (Å²) < 4.78 is 5.77. The number of nitrogens with zero attached hydrogens (tertiary/aromatic N) is 1. The molecular formula is C9H10ClNO3S. The third-order valence-corrected chi connectivity index (χ3v) is 3.51. The van der Waals surface area contributed by atoms with Gasteiger partial charge in [-0.25, -0.2) is 9.78 Å². The third-order valence-electron chi connectivity index (χ3n) is 2.48. The smallest absolute Gasteiger partial charge is 0.336 e. The molecular weight excluding hydrogens is 238 g/mol. The van der Waals surface area contributed by atoms with Crippen molar-refractivity contribution in [1.29, 1.82) is 0 Å². The highest BCUT2D eigenvalue weighted by molar-refractivity contribution is 7.13. The highest BCUT2D eigenvalue weighted by Gasteiger charge is 2.43. The molecule has 0 bridgehead atoms. The van der Waals surface area contributed by atoms with Gasteiger partial charge < -0.3 is 9.84 Å². The molecule has 2 heterocycles. The molecule has 1 fully saturated rings. The minimum atomic E-state index is -1.09. The Kier molecular flexibility index (Phi) is 2.95. The Bertz CT molecular complexity index is 373. The number of hydrogen-bond acceptors (Lipinski definition) is 4. The van der Waals surface area contributed by atoms with Crippen LogP contribution in [0.2, 0.25) is 4.47 Å². The molecule has 15 heavy (non-hydrogen) atoms. The van der Waals surface area contributed by atoms with Crippen LogP contribution in [0.1, 0.15) is 18.5 Å². The first-order valence-corrected chi connectivity index (χ1v) is 5.85. The average molecular weight is 248 g/mol. The van der Waals surface area contributed by atoms with Crippen molar-refractivity contribution in [3.05, 3.63) is 15.5 Å². The number of hydrogen-bond donors (Lipinski definition) is 1. The first-order valence-electron chi connectivity index (χ1n) is 4.60. The molecule has 1 aromatic rings. The second-order valence-electron chi connectivity index (χ2n) is 3.52. The molecule has 0 saturated carbocycles. The first-order chi connectivity index (χ1) is 7.12. The molecule has 1 atom stereocenters. The maximum atomic E-state index is 11.2. The van der Waals surface area contributed by atoms with Crippen LogP contribution in [0.25, 0.3) is 0 Å². The van der Waals surface area contributed by atoms with E-state index >= 15 is 0 Å². The van der Waals surface area contributed by atoms with Gasteiger partial charge in [-0.3, -0.25) is 0 Å².